The number of rotatable bonds is 4. The van der Waals surface area contributed by atoms with Gasteiger partial charge in [0.15, 0.2) is 6.10 Å². The fraction of sp³-hybridized carbons (Fsp3) is 0.300. The largest absolute Gasteiger partial charge is 0.573 e. The van der Waals surface area contributed by atoms with Crippen molar-refractivity contribution in [2.24, 2.45) is 0 Å². The molecule has 1 rings (SSSR count). The lowest BCUT2D eigenvalue weighted by Crippen LogP contribution is -2.23. The molecule has 0 spiro atoms. The Hall–Kier alpha value is -1.44. The van der Waals surface area contributed by atoms with Crippen LogP contribution in [0, 0.1) is 0 Å². The number of hydrogen-bond donors (Lipinski definition) is 1. The van der Waals surface area contributed by atoms with Crippen molar-refractivity contribution >= 4 is 21.9 Å². The monoisotopic (exact) mass is 328 g/mol. The van der Waals surface area contributed by atoms with E-state index in [1.165, 1.54) is 13.0 Å². The smallest absolute Gasteiger partial charge is 0.479 e. The lowest BCUT2D eigenvalue weighted by atomic mass is 10.3. The first-order valence-electron chi connectivity index (χ1n) is 4.64. The van der Waals surface area contributed by atoms with Crippen LogP contribution >= 0.6 is 15.9 Å². The van der Waals surface area contributed by atoms with Crippen LogP contribution in [-0.2, 0) is 4.79 Å². The van der Waals surface area contributed by atoms with E-state index in [2.05, 4.69) is 20.7 Å². The van der Waals surface area contributed by atoms with Crippen molar-refractivity contribution in [1.82, 2.24) is 0 Å². The van der Waals surface area contributed by atoms with E-state index < -0.39 is 24.2 Å². The van der Waals surface area contributed by atoms with Crippen LogP contribution in [0.15, 0.2) is 22.7 Å². The van der Waals surface area contributed by atoms with Gasteiger partial charge in [0.05, 0.1) is 4.47 Å². The van der Waals surface area contributed by atoms with Gasteiger partial charge in [-0.2, -0.15) is 0 Å². The lowest BCUT2D eigenvalue weighted by Gasteiger charge is -2.14. The van der Waals surface area contributed by atoms with Crippen molar-refractivity contribution in [3.05, 3.63) is 22.7 Å². The summed E-state index contributed by atoms with van der Waals surface area (Å²) in [6.45, 7) is 1.30. The highest BCUT2D eigenvalue weighted by Gasteiger charge is 2.31. The van der Waals surface area contributed by atoms with Gasteiger partial charge >= 0.3 is 12.3 Å². The van der Waals surface area contributed by atoms with Crippen LogP contribution in [0.5, 0.6) is 11.5 Å². The first-order chi connectivity index (χ1) is 8.19. The summed E-state index contributed by atoms with van der Waals surface area (Å²) < 4.78 is 44.7. The summed E-state index contributed by atoms with van der Waals surface area (Å²) in [6, 6.07) is 3.25. The van der Waals surface area contributed by atoms with Crippen molar-refractivity contribution in [3.63, 3.8) is 0 Å². The summed E-state index contributed by atoms with van der Waals surface area (Å²) in [7, 11) is 0. The van der Waals surface area contributed by atoms with Crippen LogP contribution in [0.4, 0.5) is 13.2 Å². The van der Waals surface area contributed by atoms with Crippen LogP contribution < -0.4 is 9.47 Å². The minimum absolute atomic E-state index is 0.111. The Labute approximate surface area is 108 Å². The van der Waals surface area contributed by atoms with Gasteiger partial charge in [-0.3, -0.25) is 0 Å². The molecular formula is C10H8BrF3O4. The average molecular weight is 329 g/mol. The Morgan fingerprint density at radius 2 is 2.06 bits per heavy atom. The second-order valence-corrected chi connectivity index (χ2v) is 4.09. The average Bonchev–Trinajstić information content (AvgIpc) is 2.19. The number of carbonyl (C=O) groups is 1. The maximum Gasteiger partial charge on any atom is 0.573 e. The van der Waals surface area contributed by atoms with Crippen LogP contribution in [0.25, 0.3) is 0 Å². The zero-order valence-corrected chi connectivity index (χ0v) is 10.6. The van der Waals surface area contributed by atoms with Gasteiger partial charge in [-0.25, -0.2) is 4.79 Å². The second-order valence-electron chi connectivity index (χ2n) is 3.24. The first-order valence-corrected chi connectivity index (χ1v) is 5.43. The quantitative estimate of drug-likeness (QED) is 0.922. The van der Waals surface area contributed by atoms with E-state index in [0.717, 1.165) is 12.1 Å². The standard InChI is InChI=1S/C10H8BrF3O4/c1-5(9(15)16)17-8-3-2-6(4-7(8)11)18-10(12,13)14/h2-5H,1H3,(H,15,16). The van der Waals surface area contributed by atoms with E-state index in [-0.39, 0.29) is 10.2 Å². The molecule has 0 radical (unpaired) electrons. The first kappa shape index (κ1) is 14.6. The molecule has 0 saturated heterocycles. The molecule has 18 heavy (non-hydrogen) atoms. The molecule has 0 aliphatic heterocycles. The molecule has 4 nitrogen and oxygen atoms in total. The summed E-state index contributed by atoms with van der Waals surface area (Å²) in [6.07, 6.45) is -5.90. The maximum absolute atomic E-state index is 11.9. The molecule has 0 fully saturated rings. The van der Waals surface area contributed by atoms with Crippen molar-refractivity contribution in [2.45, 2.75) is 19.4 Å². The molecule has 1 atom stereocenters. The molecule has 0 aliphatic rings. The van der Waals surface area contributed by atoms with Gasteiger partial charge < -0.3 is 14.6 Å². The van der Waals surface area contributed by atoms with Crippen molar-refractivity contribution < 1.29 is 32.5 Å². The Bertz CT molecular complexity index is 447. The zero-order chi connectivity index (χ0) is 13.9. The Morgan fingerprint density at radius 3 is 2.50 bits per heavy atom. The molecule has 1 aromatic rings. The van der Waals surface area contributed by atoms with E-state index in [4.69, 9.17) is 9.84 Å². The molecular weight excluding hydrogens is 321 g/mol. The van der Waals surface area contributed by atoms with Crippen molar-refractivity contribution in [3.8, 4) is 11.5 Å². The molecule has 0 aliphatic carbocycles. The molecule has 0 aromatic heterocycles. The predicted octanol–water partition coefficient (Wildman–Crippen LogP) is 3.20. The van der Waals surface area contributed by atoms with E-state index in [1.807, 2.05) is 0 Å². The van der Waals surface area contributed by atoms with E-state index in [9.17, 15) is 18.0 Å². The summed E-state index contributed by atoms with van der Waals surface area (Å²) in [5.74, 6) is -1.50. The van der Waals surface area contributed by atoms with E-state index >= 15 is 0 Å². The SMILES string of the molecule is CC(Oc1ccc(OC(F)(F)F)cc1Br)C(=O)O. The third kappa shape index (κ3) is 4.44. The molecule has 0 bridgehead atoms. The minimum Gasteiger partial charge on any atom is -0.479 e. The molecule has 0 saturated carbocycles. The number of aliphatic carboxylic acids is 1. The van der Waals surface area contributed by atoms with Gasteiger partial charge in [-0.05, 0) is 41.1 Å². The number of ether oxygens (including phenoxy) is 2. The molecule has 0 amide bonds. The Kier molecular flexibility index (Phi) is 4.44. The number of carboxylic acid groups (broad SMARTS) is 1. The van der Waals surface area contributed by atoms with Crippen LogP contribution in [-0.4, -0.2) is 23.5 Å². The topological polar surface area (TPSA) is 55.8 Å². The molecule has 100 valence electrons. The highest BCUT2D eigenvalue weighted by Crippen LogP contribution is 2.32. The van der Waals surface area contributed by atoms with Crippen LogP contribution in [0.3, 0.4) is 0 Å². The van der Waals surface area contributed by atoms with Crippen LogP contribution in [0.2, 0.25) is 0 Å². The van der Waals surface area contributed by atoms with E-state index in [1.54, 1.807) is 0 Å². The third-order valence-electron chi connectivity index (χ3n) is 1.79. The summed E-state index contributed by atoms with van der Waals surface area (Å²) in [5, 5.41) is 8.63. The molecule has 8 heteroatoms. The lowest BCUT2D eigenvalue weighted by molar-refractivity contribution is -0.274. The number of halogens is 4. The number of alkyl halides is 3. The Morgan fingerprint density at radius 1 is 1.44 bits per heavy atom. The highest BCUT2D eigenvalue weighted by molar-refractivity contribution is 9.10. The molecule has 1 N–H and O–H groups in total. The van der Waals surface area contributed by atoms with Gasteiger partial charge in [-0.15, -0.1) is 13.2 Å². The van der Waals surface area contributed by atoms with Gasteiger partial charge in [0.2, 0.25) is 0 Å². The summed E-state index contributed by atoms with van der Waals surface area (Å²) in [5.41, 5.74) is 0. The summed E-state index contributed by atoms with van der Waals surface area (Å²) in [4.78, 5) is 10.6. The van der Waals surface area contributed by atoms with Gasteiger partial charge in [0.25, 0.3) is 0 Å². The van der Waals surface area contributed by atoms with Gasteiger partial charge in [0, 0.05) is 0 Å². The normalized spacial score (nSPS) is 12.9. The molecule has 1 aromatic carbocycles. The molecule has 0 heterocycles. The third-order valence-corrected chi connectivity index (χ3v) is 2.41. The second kappa shape index (κ2) is 5.47. The number of hydrogen-bond acceptors (Lipinski definition) is 3. The van der Waals surface area contributed by atoms with E-state index in [0.29, 0.717) is 0 Å². The zero-order valence-electron chi connectivity index (χ0n) is 8.99. The number of benzene rings is 1. The minimum atomic E-state index is -4.78. The summed E-state index contributed by atoms with van der Waals surface area (Å²) >= 11 is 2.97. The van der Waals surface area contributed by atoms with Crippen molar-refractivity contribution in [1.29, 1.82) is 0 Å². The number of carboxylic acids is 1. The van der Waals surface area contributed by atoms with Crippen molar-refractivity contribution in [2.75, 3.05) is 0 Å². The molecule has 1 unspecified atom stereocenters. The van der Waals surface area contributed by atoms with Gasteiger partial charge in [0.1, 0.15) is 11.5 Å². The Balaban J connectivity index is 2.83. The van der Waals surface area contributed by atoms with Gasteiger partial charge in [-0.1, -0.05) is 0 Å². The highest BCUT2D eigenvalue weighted by atomic mass is 79.9. The predicted molar refractivity (Wildman–Crippen MR) is 58.6 cm³/mol. The van der Waals surface area contributed by atoms with Crippen LogP contribution in [0.1, 0.15) is 6.92 Å². The fourth-order valence-electron chi connectivity index (χ4n) is 1.02. The maximum atomic E-state index is 11.9. The fourth-order valence-corrected chi connectivity index (χ4v) is 1.47.